The van der Waals surface area contributed by atoms with Crippen molar-refractivity contribution in [1.29, 1.82) is 0 Å². The standard InChI is InChI=1S/C20H23N5O3/c1-13-4-5-15(17(8-13)26-3)10-25-6-7-27-18(11-25)19-16(9-21-12-22-19)20-23-14(2)28-24-20/h4-5,8-9,12,18H,6-7,10-11H2,1-3H3/t18-/m1/s1. The molecular formula is C20H23N5O3. The molecule has 0 unspecified atom stereocenters. The predicted octanol–water partition coefficient (Wildman–Crippen LogP) is 2.73. The molecule has 0 N–H and O–H groups in total. The van der Waals surface area contributed by atoms with Crippen molar-refractivity contribution in [1.82, 2.24) is 25.0 Å². The largest absolute Gasteiger partial charge is 0.496 e. The molecule has 0 radical (unpaired) electrons. The fourth-order valence-corrected chi connectivity index (χ4v) is 3.41. The summed E-state index contributed by atoms with van der Waals surface area (Å²) in [4.78, 5) is 15.2. The molecule has 1 aliphatic heterocycles. The van der Waals surface area contributed by atoms with Crippen molar-refractivity contribution in [2.24, 2.45) is 0 Å². The number of methoxy groups -OCH3 is 1. The molecular weight excluding hydrogens is 358 g/mol. The minimum absolute atomic E-state index is 0.193. The van der Waals surface area contributed by atoms with E-state index in [1.165, 1.54) is 11.9 Å². The lowest BCUT2D eigenvalue weighted by molar-refractivity contribution is -0.0349. The predicted molar refractivity (Wildman–Crippen MR) is 102 cm³/mol. The highest BCUT2D eigenvalue weighted by Crippen LogP contribution is 2.30. The molecule has 0 aliphatic carbocycles. The molecule has 0 amide bonds. The first-order valence-corrected chi connectivity index (χ1v) is 9.22. The van der Waals surface area contributed by atoms with Gasteiger partial charge in [0.1, 0.15) is 18.2 Å². The number of ether oxygens (including phenoxy) is 2. The van der Waals surface area contributed by atoms with Crippen molar-refractivity contribution >= 4 is 0 Å². The summed E-state index contributed by atoms with van der Waals surface area (Å²) >= 11 is 0. The molecule has 1 aromatic carbocycles. The van der Waals surface area contributed by atoms with Gasteiger partial charge in [-0.1, -0.05) is 17.3 Å². The van der Waals surface area contributed by atoms with Crippen molar-refractivity contribution in [2.75, 3.05) is 26.8 Å². The number of aromatic nitrogens is 4. The Morgan fingerprint density at radius 2 is 2.18 bits per heavy atom. The minimum Gasteiger partial charge on any atom is -0.496 e. The van der Waals surface area contributed by atoms with Crippen LogP contribution in [0.5, 0.6) is 5.75 Å². The number of morpholine rings is 1. The van der Waals surface area contributed by atoms with Crippen LogP contribution in [0.3, 0.4) is 0 Å². The molecule has 0 spiro atoms. The summed E-state index contributed by atoms with van der Waals surface area (Å²) in [6.07, 6.45) is 3.04. The molecule has 3 aromatic rings. The maximum atomic E-state index is 6.03. The Kier molecular flexibility index (Phi) is 5.31. The Morgan fingerprint density at radius 1 is 1.29 bits per heavy atom. The molecule has 146 valence electrons. The number of hydrogen-bond donors (Lipinski definition) is 0. The highest BCUT2D eigenvalue weighted by Gasteiger charge is 2.27. The van der Waals surface area contributed by atoms with Crippen molar-refractivity contribution in [3.63, 3.8) is 0 Å². The molecule has 3 heterocycles. The lowest BCUT2D eigenvalue weighted by Gasteiger charge is -2.33. The lowest BCUT2D eigenvalue weighted by Crippen LogP contribution is -2.38. The zero-order chi connectivity index (χ0) is 19.5. The van der Waals surface area contributed by atoms with Crippen molar-refractivity contribution in [3.05, 3.63) is 53.4 Å². The normalized spacial score (nSPS) is 17.6. The summed E-state index contributed by atoms with van der Waals surface area (Å²) in [6.45, 7) is 6.77. The molecule has 1 fully saturated rings. The SMILES string of the molecule is COc1cc(C)ccc1CN1CCO[C@@H](c2ncncc2-c2noc(C)n2)C1. The van der Waals surface area contributed by atoms with Gasteiger partial charge in [0, 0.05) is 38.3 Å². The van der Waals surface area contributed by atoms with E-state index >= 15 is 0 Å². The monoisotopic (exact) mass is 381 g/mol. The fraction of sp³-hybridized carbons (Fsp3) is 0.400. The van der Waals surface area contributed by atoms with Gasteiger partial charge < -0.3 is 14.0 Å². The van der Waals surface area contributed by atoms with E-state index < -0.39 is 0 Å². The van der Waals surface area contributed by atoms with E-state index in [-0.39, 0.29) is 6.10 Å². The smallest absolute Gasteiger partial charge is 0.223 e. The van der Waals surface area contributed by atoms with Gasteiger partial charge in [0.15, 0.2) is 0 Å². The second kappa shape index (κ2) is 8.04. The zero-order valence-electron chi connectivity index (χ0n) is 16.3. The number of rotatable bonds is 5. The Labute approximate surface area is 163 Å². The number of hydrogen-bond acceptors (Lipinski definition) is 8. The third kappa shape index (κ3) is 3.88. The molecule has 0 bridgehead atoms. The highest BCUT2D eigenvalue weighted by atomic mass is 16.5. The van der Waals surface area contributed by atoms with E-state index in [0.717, 1.165) is 35.7 Å². The molecule has 1 saturated heterocycles. The quantitative estimate of drug-likeness (QED) is 0.667. The molecule has 8 heteroatoms. The minimum atomic E-state index is -0.193. The molecule has 2 aromatic heterocycles. The summed E-state index contributed by atoms with van der Waals surface area (Å²) < 4.78 is 16.7. The summed E-state index contributed by atoms with van der Waals surface area (Å²) in [6, 6.07) is 6.29. The first-order valence-electron chi connectivity index (χ1n) is 9.22. The number of nitrogens with zero attached hydrogens (tertiary/aromatic N) is 5. The van der Waals surface area contributed by atoms with Gasteiger partial charge in [-0.05, 0) is 18.6 Å². The van der Waals surface area contributed by atoms with Crippen molar-refractivity contribution < 1.29 is 14.0 Å². The van der Waals surface area contributed by atoms with Crippen LogP contribution in [0.1, 0.15) is 28.8 Å². The van der Waals surface area contributed by atoms with E-state index in [4.69, 9.17) is 14.0 Å². The summed E-state index contributed by atoms with van der Waals surface area (Å²) in [7, 11) is 1.71. The van der Waals surface area contributed by atoms with Crippen LogP contribution in [0.2, 0.25) is 0 Å². The lowest BCUT2D eigenvalue weighted by atomic mass is 10.1. The third-order valence-electron chi connectivity index (χ3n) is 4.80. The molecule has 0 saturated carbocycles. The maximum absolute atomic E-state index is 6.03. The van der Waals surface area contributed by atoms with Crippen LogP contribution in [0.4, 0.5) is 0 Å². The number of aryl methyl sites for hydroxylation is 2. The maximum Gasteiger partial charge on any atom is 0.223 e. The van der Waals surface area contributed by atoms with Crippen LogP contribution in [0.15, 0.2) is 35.2 Å². The van der Waals surface area contributed by atoms with Crippen LogP contribution < -0.4 is 4.74 Å². The molecule has 8 nitrogen and oxygen atoms in total. The molecule has 1 aliphatic rings. The Morgan fingerprint density at radius 3 is 2.96 bits per heavy atom. The van der Waals surface area contributed by atoms with Gasteiger partial charge in [-0.3, -0.25) is 4.90 Å². The molecule has 4 rings (SSSR count). The zero-order valence-corrected chi connectivity index (χ0v) is 16.3. The summed E-state index contributed by atoms with van der Waals surface area (Å²) in [5, 5.41) is 4.01. The van der Waals surface area contributed by atoms with Gasteiger partial charge in [-0.15, -0.1) is 0 Å². The molecule has 1 atom stereocenters. The molecule has 28 heavy (non-hydrogen) atoms. The van der Waals surface area contributed by atoms with Gasteiger partial charge in [-0.25, -0.2) is 9.97 Å². The van der Waals surface area contributed by atoms with E-state index in [9.17, 15) is 0 Å². The van der Waals surface area contributed by atoms with Gasteiger partial charge in [-0.2, -0.15) is 4.98 Å². The highest BCUT2D eigenvalue weighted by molar-refractivity contribution is 5.56. The van der Waals surface area contributed by atoms with Crippen LogP contribution in [0, 0.1) is 13.8 Å². The first kappa shape index (κ1) is 18.5. The fourth-order valence-electron chi connectivity index (χ4n) is 3.41. The van der Waals surface area contributed by atoms with Crippen molar-refractivity contribution in [2.45, 2.75) is 26.5 Å². The van der Waals surface area contributed by atoms with Gasteiger partial charge in [0.2, 0.25) is 11.7 Å². The van der Waals surface area contributed by atoms with E-state index in [1.54, 1.807) is 20.2 Å². The van der Waals surface area contributed by atoms with Crippen LogP contribution >= 0.6 is 0 Å². The van der Waals surface area contributed by atoms with Crippen molar-refractivity contribution in [3.8, 4) is 17.1 Å². The second-order valence-electron chi connectivity index (χ2n) is 6.87. The Bertz CT molecular complexity index is 959. The summed E-state index contributed by atoms with van der Waals surface area (Å²) in [5.74, 6) is 1.89. The first-order chi connectivity index (χ1) is 13.6. The van der Waals surface area contributed by atoms with Gasteiger partial charge >= 0.3 is 0 Å². The van der Waals surface area contributed by atoms with Gasteiger partial charge in [0.05, 0.1) is 25.0 Å². The number of benzene rings is 1. The van der Waals surface area contributed by atoms with E-state index in [1.807, 2.05) is 0 Å². The average molecular weight is 381 g/mol. The second-order valence-corrected chi connectivity index (χ2v) is 6.87. The average Bonchev–Trinajstić information content (AvgIpc) is 3.16. The third-order valence-corrected chi connectivity index (χ3v) is 4.80. The van der Waals surface area contributed by atoms with Crippen LogP contribution in [0.25, 0.3) is 11.4 Å². The Hall–Kier alpha value is -2.84. The Balaban J connectivity index is 1.55. The topological polar surface area (TPSA) is 86.4 Å². The van der Waals surface area contributed by atoms with Crippen LogP contribution in [-0.4, -0.2) is 51.8 Å². The van der Waals surface area contributed by atoms with Crippen LogP contribution in [-0.2, 0) is 11.3 Å². The van der Waals surface area contributed by atoms with E-state index in [0.29, 0.717) is 24.9 Å². The summed E-state index contributed by atoms with van der Waals surface area (Å²) in [5.41, 5.74) is 3.85. The van der Waals surface area contributed by atoms with Gasteiger partial charge in [0.25, 0.3) is 0 Å². The van der Waals surface area contributed by atoms with E-state index in [2.05, 4.69) is 50.1 Å².